The molecule has 5 rings (SSSR count). The summed E-state index contributed by atoms with van der Waals surface area (Å²) in [5.74, 6) is -0.181. The third-order valence-electron chi connectivity index (χ3n) is 6.15. The number of amides is 1. The molecule has 0 spiro atoms. The van der Waals surface area contributed by atoms with Gasteiger partial charge in [0.05, 0.1) is 16.6 Å². The highest BCUT2D eigenvalue weighted by Crippen LogP contribution is 2.37. The number of anilines is 1. The minimum Gasteiger partial charge on any atom is -0.325 e. The SMILES string of the molecule is Cc1cc(C)cc(NC(=O)[C@H](Sc2nc3ccccc3c(=O)n2-c2ccccc2C)c2ccccc2)c1. The first-order valence-corrected chi connectivity index (χ1v) is 13.0. The van der Waals surface area contributed by atoms with Crippen LogP contribution in [0, 0.1) is 20.8 Å². The van der Waals surface area contributed by atoms with Crippen molar-refractivity contribution in [3.05, 3.63) is 130 Å². The molecule has 0 saturated heterocycles. The summed E-state index contributed by atoms with van der Waals surface area (Å²) in [7, 11) is 0. The molecule has 5 aromatic rings. The summed E-state index contributed by atoms with van der Waals surface area (Å²) in [4.78, 5) is 32.4. The van der Waals surface area contributed by atoms with E-state index in [9.17, 15) is 9.59 Å². The first-order valence-electron chi connectivity index (χ1n) is 12.1. The van der Waals surface area contributed by atoms with Gasteiger partial charge in [-0.2, -0.15) is 0 Å². The van der Waals surface area contributed by atoms with Gasteiger partial charge in [0.1, 0.15) is 5.25 Å². The number of benzene rings is 4. The van der Waals surface area contributed by atoms with E-state index in [-0.39, 0.29) is 11.5 Å². The first kappa shape index (κ1) is 24.5. The van der Waals surface area contributed by atoms with Gasteiger partial charge in [0.15, 0.2) is 5.16 Å². The van der Waals surface area contributed by atoms with Crippen LogP contribution in [0.15, 0.2) is 107 Å². The second-order valence-corrected chi connectivity index (χ2v) is 10.2. The number of carbonyl (C=O) groups excluding carboxylic acids is 1. The lowest BCUT2D eigenvalue weighted by atomic mass is 10.1. The molecule has 6 heteroatoms. The monoisotopic (exact) mass is 505 g/mol. The van der Waals surface area contributed by atoms with Crippen LogP contribution >= 0.6 is 11.8 Å². The van der Waals surface area contributed by atoms with Gasteiger partial charge in [-0.1, -0.05) is 78.5 Å². The van der Waals surface area contributed by atoms with Gasteiger partial charge in [0.2, 0.25) is 5.91 Å². The molecule has 184 valence electrons. The Hall–Kier alpha value is -4.16. The maximum Gasteiger partial charge on any atom is 0.266 e. The summed E-state index contributed by atoms with van der Waals surface area (Å²) >= 11 is 1.28. The molecule has 1 N–H and O–H groups in total. The van der Waals surface area contributed by atoms with E-state index in [2.05, 4.69) is 11.4 Å². The Morgan fingerprint density at radius 1 is 0.838 bits per heavy atom. The molecule has 4 aromatic carbocycles. The number of rotatable bonds is 6. The number of aromatic nitrogens is 2. The first-order chi connectivity index (χ1) is 17.9. The van der Waals surface area contributed by atoms with Crippen LogP contribution in [-0.4, -0.2) is 15.5 Å². The zero-order valence-corrected chi connectivity index (χ0v) is 21.8. The molecule has 0 aliphatic rings. The molecule has 0 radical (unpaired) electrons. The van der Waals surface area contributed by atoms with Crippen molar-refractivity contribution < 1.29 is 4.79 Å². The molecule has 0 aliphatic heterocycles. The summed E-state index contributed by atoms with van der Waals surface area (Å²) in [5.41, 5.74) is 5.84. The van der Waals surface area contributed by atoms with Gasteiger partial charge < -0.3 is 5.32 Å². The third kappa shape index (κ3) is 5.20. The molecule has 0 bridgehead atoms. The lowest BCUT2D eigenvalue weighted by Crippen LogP contribution is -2.25. The van der Waals surface area contributed by atoms with Crippen molar-refractivity contribution in [1.29, 1.82) is 0 Å². The standard InChI is InChI=1S/C31H27N3O2S/c1-20-17-21(2)19-24(18-20)32-29(35)28(23-12-5-4-6-13-23)37-31-33-26-15-9-8-14-25(26)30(36)34(31)27-16-10-7-11-22(27)3/h4-19,28H,1-3H3,(H,32,35)/t28-/m1/s1. The summed E-state index contributed by atoms with van der Waals surface area (Å²) < 4.78 is 1.63. The molecule has 0 aliphatic carbocycles. The van der Waals surface area contributed by atoms with Crippen LogP contribution in [-0.2, 0) is 4.79 Å². The van der Waals surface area contributed by atoms with Crippen LogP contribution in [0.4, 0.5) is 5.69 Å². The zero-order chi connectivity index (χ0) is 25.9. The Labute approximate surface area is 220 Å². The van der Waals surface area contributed by atoms with Crippen LogP contribution in [0.3, 0.4) is 0 Å². The zero-order valence-electron chi connectivity index (χ0n) is 20.9. The Balaban J connectivity index is 1.65. The highest BCUT2D eigenvalue weighted by molar-refractivity contribution is 8.00. The second kappa shape index (κ2) is 10.4. The van der Waals surface area contributed by atoms with E-state index < -0.39 is 5.25 Å². The summed E-state index contributed by atoms with van der Waals surface area (Å²) in [5, 5.41) is 3.45. The number of carbonyl (C=O) groups is 1. The minimum atomic E-state index is -0.634. The highest BCUT2D eigenvalue weighted by Gasteiger charge is 2.26. The van der Waals surface area contributed by atoms with E-state index in [0.717, 1.165) is 33.6 Å². The molecular formula is C31H27N3O2S. The van der Waals surface area contributed by atoms with E-state index in [1.54, 1.807) is 10.6 Å². The Kier molecular flexibility index (Phi) is 6.93. The largest absolute Gasteiger partial charge is 0.325 e. The molecule has 37 heavy (non-hydrogen) atoms. The maximum absolute atomic E-state index is 13.8. The number of fused-ring (bicyclic) bond motifs is 1. The number of thioether (sulfide) groups is 1. The highest BCUT2D eigenvalue weighted by atomic mass is 32.2. The maximum atomic E-state index is 13.8. The smallest absolute Gasteiger partial charge is 0.266 e. The van der Waals surface area contributed by atoms with Gasteiger partial charge in [0.25, 0.3) is 5.56 Å². The molecule has 1 heterocycles. The van der Waals surface area contributed by atoms with Gasteiger partial charge in [0, 0.05) is 5.69 Å². The molecule has 1 atom stereocenters. The average Bonchev–Trinajstić information content (AvgIpc) is 2.88. The van der Waals surface area contributed by atoms with Crippen LogP contribution in [0.1, 0.15) is 27.5 Å². The summed E-state index contributed by atoms with van der Waals surface area (Å²) in [6.45, 7) is 5.98. The van der Waals surface area contributed by atoms with E-state index in [4.69, 9.17) is 4.98 Å². The van der Waals surface area contributed by atoms with Crippen molar-refractivity contribution in [3.8, 4) is 5.69 Å². The predicted octanol–water partition coefficient (Wildman–Crippen LogP) is 6.78. The molecular weight excluding hydrogens is 478 g/mol. The summed E-state index contributed by atoms with van der Waals surface area (Å²) in [6.07, 6.45) is 0. The van der Waals surface area contributed by atoms with Crippen molar-refractivity contribution >= 4 is 34.3 Å². The molecule has 0 unspecified atom stereocenters. The molecule has 5 nitrogen and oxygen atoms in total. The molecule has 0 saturated carbocycles. The number of nitrogens with one attached hydrogen (secondary N) is 1. The lowest BCUT2D eigenvalue weighted by Gasteiger charge is -2.20. The van der Waals surface area contributed by atoms with Gasteiger partial charge in [-0.15, -0.1) is 0 Å². The van der Waals surface area contributed by atoms with Crippen molar-refractivity contribution in [3.63, 3.8) is 0 Å². The Morgan fingerprint density at radius 2 is 1.49 bits per heavy atom. The van der Waals surface area contributed by atoms with E-state index in [1.165, 1.54) is 11.8 Å². The van der Waals surface area contributed by atoms with Crippen molar-refractivity contribution in [2.75, 3.05) is 5.32 Å². The fraction of sp³-hybridized carbons (Fsp3) is 0.129. The van der Waals surface area contributed by atoms with E-state index in [1.807, 2.05) is 106 Å². The van der Waals surface area contributed by atoms with Crippen LogP contribution < -0.4 is 10.9 Å². The van der Waals surface area contributed by atoms with E-state index in [0.29, 0.717) is 16.1 Å². The van der Waals surface area contributed by atoms with Crippen LogP contribution in [0.5, 0.6) is 0 Å². The molecule has 1 amide bonds. The lowest BCUT2D eigenvalue weighted by molar-refractivity contribution is -0.115. The number of para-hydroxylation sites is 2. The minimum absolute atomic E-state index is 0.163. The third-order valence-corrected chi connectivity index (χ3v) is 7.36. The fourth-order valence-electron chi connectivity index (χ4n) is 4.48. The number of nitrogens with zero attached hydrogens (tertiary/aromatic N) is 2. The normalized spacial score (nSPS) is 11.9. The predicted molar refractivity (Wildman–Crippen MR) is 152 cm³/mol. The Bertz CT molecular complexity index is 1640. The van der Waals surface area contributed by atoms with Crippen molar-refractivity contribution in [1.82, 2.24) is 9.55 Å². The number of hydrogen-bond donors (Lipinski definition) is 1. The fourth-order valence-corrected chi connectivity index (χ4v) is 5.59. The molecule has 0 fully saturated rings. The quantitative estimate of drug-likeness (QED) is 0.204. The van der Waals surface area contributed by atoms with Crippen molar-refractivity contribution in [2.24, 2.45) is 0 Å². The topological polar surface area (TPSA) is 64.0 Å². The van der Waals surface area contributed by atoms with Crippen LogP contribution in [0.2, 0.25) is 0 Å². The van der Waals surface area contributed by atoms with Gasteiger partial charge in [-0.05, 0) is 73.4 Å². The van der Waals surface area contributed by atoms with Crippen LogP contribution in [0.25, 0.3) is 16.6 Å². The van der Waals surface area contributed by atoms with Gasteiger partial charge >= 0.3 is 0 Å². The molecule has 1 aromatic heterocycles. The second-order valence-electron chi connectivity index (χ2n) is 9.11. The number of hydrogen-bond acceptors (Lipinski definition) is 4. The van der Waals surface area contributed by atoms with Gasteiger partial charge in [-0.25, -0.2) is 4.98 Å². The summed E-state index contributed by atoms with van der Waals surface area (Å²) in [6, 6.07) is 30.6. The van der Waals surface area contributed by atoms with Gasteiger partial charge in [-0.3, -0.25) is 14.2 Å². The number of aryl methyl sites for hydroxylation is 3. The van der Waals surface area contributed by atoms with Crippen molar-refractivity contribution in [2.45, 2.75) is 31.2 Å². The average molecular weight is 506 g/mol. The van der Waals surface area contributed by atoms with E-state index >= 15 is 0 Å². The Morgan fingerprint density at radius 3 is 2.22 bits per heavy atom.